The first-order valence-electron chi connectivity index (χ1n) is 6.46. The topological polar surface area (TPSA) is 124 Å². The van der Waals surface area contributed by atoms with Gasteiger partial charge in [0.15, 0.2) is 0 Å². The summed E-state index contributed by atoms with van der Waals surface area (Å²) in [5.41, 5.74) is 0. The molecule has 0 radical (unpaired) electrons. The fourth-order valence-electron chi connectivity index (χ4n) is 2.66. The molecule has 0 aliphatic carbocycles. The first kappa shape index (κ1) is 15.6. The molecule has 0 aromatic rings. The zero-order valence-electron chi connectivity index (χ0n) is 11.4. The van der Waals surface area contributed by atoms with E-state index in [1.165, 1.54) is 16.7 Å². The normalized spacial score (nSPS) is 29.1. The second kappa shape index (κ2) is 5.55. The fraction of sp³-hybridized carbons (Fsp3) is 0.667. The molecule has 3 atom stereocenters. The van der Waals surface area contributed by atoms with E-state index in [1.807, 2.05) is 6.92 Å². The third-order valence-corrected chi connectivity index (χ3v) is 5.25. The molecule has 0 spiro atoms. The van der Waals surface area contributed by atoms with Crippen molar-refractivity contribution in [3.8, 4) is 0 Å². The van der Waals surface area contributed by atoms with Crippen molar-refractivity contribution < 1.29 is 29.4 Å². The van der Waals surface area contributed by atoms with Crippen LogP contribution in [0.25, 0.3) is 0 Å². The van der Waals surface area contributed by atoms with Gasteiger partial charge in [0.25, 0.3) is 0 Å². The van der Waals surface area contributed by atoms with Crippen LogP contribution in [0.3, 0.4) is 0 Å². The maximum Gasteiger partial charge on any atom is 0.326 e. The van der Waals surface area contributed by atoms with E-state index in [9.17, 15) is 19.2 Å². The largest absolute Gasteiger partial charge is 0.481 e. The Kier molecular flexibility index (Phi) is 4.13. The highest BCUT2D eigenvalue weighted by atomic mass is 32.2. The molecule has 21 heavy (non-hydrogen) atoms. The van der Waals surface area contributed by atoms with Crippen LogP contribution in [0.5, 0.6) is 0 Å². The van der Waals surface area contributed by atoms with Gasteiger partial charge in [-0.3, -0.25) is 14.4 Å². The number of carboxylic acid groups (broad SMARTS) is 2. The molecule has 2 aliphatic heterocycles. The number of carbonyl (C=O) groups is 4. The van der Waals surface area contributed by atoms with Gasteiger partial charge in [0.2, 0.25) is 11.8 Å². The molecule has 0 aromatic heterocycles. The molecule has 2 fully saturated rings. The third-order valence-electron chi connectivity index (χ3n) is 3.74. The molecule has 2 amide bonds. The van der Waals surface area contributed by atoms with Crippen LogP contribution < -0.4 is 5.32 Å². The molecule has 0 saturated carbocycles. The van der Waals surface area contributed by atoms with Crippen LogP contribution in [-0.4, -0.2) is 61.6 Å². The van der Waals surface area contributed by atoms with E-state index < -0.39 is 41.2 Å². The number of hydrogen-bond acceptors (Lipinski definition) is 5. The van der Waals surface area contributed by atoms with Crippen LogP contribution >= 0.6 is 11.8 Å². The second-order valence-corrected chi connectivity index (χ2v) is 6.76. The lowest BCUT2D eigenvalue weighted by Crippen LogP contribution is -2.53. The van der Waals surface area contributed by atoms with Crippen molar-refractivity contribution in [1.82, 2.24) is 10.2 Å². The molecule has 0 aromatic carbocycles. The van der Waals surface area contributed by atoms with Crippen molar-refractivity contribution >= 4 is 35.5 Å². The first-order valence-corrected chi connectivity index (χ1v) is 7.44. The molecular formula is C12H16N2O6S. The zero-order valence-corrected chi connectivity index (χ0v) is 12.2. The number of nitrogens with zero attached hydrogens (tertiary/aromatic N) is 1. The molecule has 2 unspecified atom stereocenters. The molecule has 2 heterocycles. The van der Waals surface area contributed by atoms with E-state index in [0.29, 0.717) is 18.6 Å². The molecule has 2 aliphatic rings. The molecule has 0 bridgehead atoms. The SMILES string of the molecule is CC12CCC(=O)N1C(C(=O)N[C@H](CC(=O)O)C(=O)O)CS2. The minimum absolute atomic E-state index is 0.132. The molecule has 8 nitrogen and oxygen atoms in total. The number of aliphatic carboxylic acids is 2. The Hall–Kier alpha value is -1.77. The maximum absolute atomic E-state index is 12.2. The van der Waals surface area contributed by atoms with E-state index in [-0.39, 0.29) is 5.91 Å². The van der Waals surface area contributed by atoms with E-state index in [0.717, 1.165) is 0 Å². The lowest BCUT2D eigenvalue weighted by molar-refractivity contribution is -0.148. The summed E-state index contributed by atoms with van der Waals surface area (Å²) >= 11 is 1.49. The van der Waals surface area contributed by atoms with Crippen molar-refractivity contribution in [1.29, 1.82) is 0 Å². The number of thioether (sulfide) groups is 1. The van der Waals surface area contributed by atoms with Gasteiger partial charge in [-0.15, -0.1) is 11.8 Å². The predicted molar refractivity (Wildman–Crippen MR) is 72.6 cm³/mol. The quantitative estimate of drug-likeness (QED) is 0.623. The number of amides is 2. The number of fused-ring (bicyclic) bond motifs is 1. The van der Waals surface area contributed by atoms with E-state index >= 15 is 0 Å². The Balaban J connectivity index is 2.08. The van der Waals surface area contributed by atoms with Gasteiger partial charge in [-0.05, 0) is 13.3 Å². The Morgan fingerprint density at radius 1 is 1.48 bits per heavy atom. The van der Waals surface area contributed by atoms with E-state index in [1.54, 1.807) is 0 Å². The standard InChI is InChI=1S/C12H16N2O6S/c1-12-3-2-8(15)14(12)7(5-21-12)10(18)13-6(11(19)20)4-9(16)17/h6-7H,2-5H2,1H3,(H,13,18)(H,16,17)(H,19,20)/t6-,7?,12?/m1/s1. The third kappa shape index (κ3) is 2.97. The van der Waals surface area contributed by atoms with Gasteiger partial charge in [0, 0.05) is 12.2 Å². The van der Waals surface area contributed by atoms with Gasteiger partial charge in [-0.2, -0.15) is 0 Å². The summed E-state index contributed by atoms with van der Waals surface area (Å²) in [6.45, 7) is 1.88. The minimum atomic E-state index is -1.50. The van der Waals surface area contributed by atoms with Crippen LogP contribution in [0, 0.1) is 0 Å². The summed E-state index contributed by atoms with van der Waals surface area (Å²) in [6, 6.07) is -2.24. The Morgan fingerprint density at radius 3 is 2.71 bits per heavy atom. The summed E-state index contributed by atoms with van der Waals surface area (Å²) in [5, 5.41) is 19.8. The predicted octanol–water partition coefficient (Wildman–Crippen LogP) is -0.515. The van der Waals surface area contributed by atoms with Crippen molar-refractivity contribution in [2.45, 2.75) is 43.1 Å². The monoisotopic (exact) mass is 316 g/mol. The van der Waals surface area contributed by atoms with Gasteiger partial charge in [-0.1, -0.05) is 0 Å². The maximum atomic E-state index is 12.2. The summed E-state index contributed by atoms with van der Waals surface area (Å²) in [6.07, 6.45) is 0.314. The highest BCUT2D eigenvalue weighted by Crippen LogP contribution is 2.47. The molecule has 9 heteroatoms. The van der Waals surface area contributed by atoms with Gasteiger partial charge in [-0.25, -0.2) is 4.79 Å². The lowest BCUT2D eigenvalue weighted by Gasteiger charge is -2.30. The van der Waals surface area contributed by atoms with Crippen LogP contribution in [0.1, 0.15) is 26.2 Å². The molecule has 2 saturated heterocycles. The highest BCUT2D eigenvalue weighted by molar-refractivity contribution is 8.01. The van der Waals surface area contributed by atoms with E-state index in [2.05, 4.69) is 5.32 Å². The minimum Gasteiger partial charge on any atom is -0.481 e. The number of rotatable bonds is 5. The lowest BCUT2D eigenvalue weighted by atomic mass is 10.1. The first-order chi connectivity index (χ1) is 9.74. The average Bonchev–Trinajstić information content (AvgIpc) is 2.85. The van der Waals surface area contributed by atoms with Gasteiger partial charge in [0.1, 0.15) is 12.1 Å². The molecule has 3 N–H and O–H groups in total. The number of carbonyl (C=O) groups excluding carboxylic acids is 2. The summed E-state index contributed by atoms with van der Waals surface area (Å²) in [4.78, 5) is 46.8. The van der Waals surface area contributed by atoms with Crippen LogP contribution in [-0.2, 0) is 19.2 Å². The van der Waals surface area contributed by atoms with Gasteiger partial charge in [0.05, 0.1) is 11.3 Å². The fourth-order valence-corrected chi connectivity index (χ4v) is 4.09. The molecule has 116 valence electrons. The molecular weight excluding hydrogens is 300 g/mol. The Bertz CT molecular complexity index is 510. The molecule has 2 rings (SSSR count). The summed E-state index contributed by atoms with van der Waals surface area (Å²) in [5.74, 6) is -3.09. The summed E-state index contributed by atoms with van der Waals surface area (Å²) < 4.78 is 0. The number of carboxylic acids is 2. The Morgan fingerprint density at radius 2 is 2.14 bits per heavy atom. The summed E-state index contributed by atoms with van der Waals surface area (Å²) in [7, 11) is 0. The van der Waals surface area contributed by atoms with Crippen molar-refractivity contribution in [3.63, 3.8) is 0 Å². The van der Waals surface area contributed by atoms with Crippen LogP contribution in [0.15, 0.2) is 0 Å². The Labute approximate surface area is 124 Å². The van der Waals surface area contributed by atoms with Crippen LogP contribution in [0.2, 0.25) is 0 Å². The van der Waals surface area contributed by atoms with Gasteiger partial charge < -0.3 is 20.4 Å². The van der Waals surface area contributed by atoms with Crippen molar-refractivity contribution in [3.05, 3.63) is 0 Å². The van der Waals surface area contributed by atoms with E-state index in [4.69, 9.17) is 10.2 Å². The highest BCUT2D eigenvalue weighted by Gasteiger charge is 2.53. The zero-order chi connectivity index (χ0) is 15.8. The number of hydrogen-bond donors (Lipinski definition) is 3. The van der Waals surface area contributed by atoms with Crippen molar-refractivity contribution in [2.24, 2.45) is 0 Å². The smallest absolute Gasteiger partial charge is 0.326 e. The second-order valence-electron chi connectivity index (χ2n) is 5.26. The van der Waals surface area contributed by atoms with Crippen molar-refractivity contribution in [2.75, 3.05) is 5.75 Å². The number of nitrogens with one attached hydrogen (secondary N) is 1. The average molecular weight is 316 g/mol. The van der Waals surface area contributed by atoms with Gasteiger partial charge >= 0.3 is 11.9 Å². The van der Waals surface area contributed by atoms with Crippen LogP contribution in [0.4, 0.5) is 0 Å².